The third kappa shape index (κ3) is 2.97. The maximum absolute atomic E-state index is 11.7. The molecule has 0 aromatic carbocycles. The lowest BCUT2D eigenvalue weighted by molar-refractivity contribution is 0.102. The van der Waals surface area contributed by atoms with Crippen LogP contribution in [0.2, 0.25) is 0 Å². The van der Waals surface area contributed by atoms with Crippen molar-refractivity contribution in [1.82, 2.24) is 15.0 Å². The zero-order valence-electron chi connectivity index (χ0n) is 8.46. The maximum Gasteiger partial charge on any atom is 0.258 e. The van der Waals surface area contributed by atoms with Gasteiger partial charge in [-0.25, -0.2) is 9.97 Å². The Bertz CT molecular complexity index is 544. The molecule has 0 saturated carbocycles. The van der Waals surface area contributed by atoms with Crippen LogP contribution < -0.4 is 5.32 Å². The molecule has 0 bridgehead atoms. The Morgan fingerprint density at radius 3 is 2.71 bits per heavy atom. The molecule has 0 aliphatic heterocycles. The Morgan fingerprint density at radius 1 is 1.24 bits per heavy atom. The van der Waals surface area contributed by atoms with Crippen molar-refractivity contribution < 1.29 is 9.90 Å². The van der Waals surface area contributed by atoms with E-state index in [0.717, 1.165) is 0 Å². The normalized spacial score (nSPS) is 9.94. The molecule has 1 amide bonds. The standard InChI is InChI=1S/C10H7BrN4O2/c11-8-4-14-9(5-13-8)15-10(17)6-1-7(16)3-12-2-6/h1-5,16H,(H,14,15,17). The van der Waals surface area contributed by atoms with Crippen LogP contribution in [0, 0.1) is 0 Å². The van der Waals surface area contributed by atoms with Crippen molar-refractivity contribution in [3.8, 4) is 5.75 Å². The van der Waals surface area contributed by atoms with Gasteiger partial charge in [0.15, 0.2) is 5.82 Å². The van der Waals surface area contributed by atoms with Gasteiger partial charge in [-0.2, -0.15) is 0 Å². The second-order valence-electron chi connectivity index (χ2n) is 3.11. The van der Waals surface area contributed by atoms with Crippen LogP contribution >= 0.6 is 15.9 Å². The number of anilines is 1. The molecule has 0 fully saturated rings. The van der Waals surface area contributed by atoms with Crippen LogP contribution in [0.25, 0.3) is 0 Å². The summed E-state index contributed by atoms with van der Waals surface area (Å²) in [6.07, 6.45) is 5.48. The van der Waals surface area contributed by atoms with Crippen molar-refractivity contribution in [2.45, 2.75) is 0 Å². The Kier molecular flexibility index (Phi) is 3.29. The summed E-state index contributed by atoms with van der Waals surface area (Å²) in [7, 11) is 0. The number of rotatable bonds is 2. The molecule has 2 rings (SSSR count). The van der Waals surface area contributed by atoms with E-state index in [9.17, 15) is 9.90 Å². The lowest BCUT2D eigenvalue weighted by Crippen LogP contribution is -2.13. The quantitative estimate of drug-likeness (QED) is 0.878. The van der Waals surface area contributed by atoms with Crippen molar-refractivity contribution in [3.05, 3.63) is 41.0 Å². The van der Waals surface area contributed by atoms with E-state index in [2.05, 4.69) is 36.2 Å². The first kappa shape index (κ1) is 11.5. The van der Waals surface area contributed by atoms with Crippen LogP contribution in [0.1, 0.15) is 10.4 Å². The molecule has 0 atom stereocenters. The SMILES string of the molecule is O=C(Nc1cnc(Br)cn1)c1cncc(O)c1. The summed E-state index contributed by atoms with van der Waals surface area (Å²) < 4.78 is 0.578. The minimum Gasteiger partial charge on any atom is -0.506 e. The van der Waals surface area contributed by atoms with Crippen LogP contribution in [0.15, 0.2) is 35.5 Å². The number of nitrogens with zero attached hydrogens (tertiary/aromatic N) is 3. The fourth-order valence-corrected chi connectivity index (χ4v) is 1.32. The Balaban J connectivity index is 2.14. The van der Waals surface area contributed by atoms with Gasteiger partial charge >= 0.3 is 0 Å². The van der Waals surface area contributed by atoms with E-state index in [4.69, 9.17) is 0 Å². The summed E-state index contributed by atoms with van der Waals surface area (Å²) in [5, 5.41) is 11.7. The average Bonchev–Trinajstić information content (AvgIpc) is 2.32. The first-order valence-corrected chi connectivity index (χ1v) is 5.37. The number of pyridine rings is 1. The highest BCUT2D eigenvalue weighted by molar-refractivity contribution is 9.10. The zero-order chi connectivity index (χ0) is 12.3. The van der Waals surface area contributed by atoms with Crippen molar-refractivity contribution in [3.63, 3.8) is 0 Å². The number of aromatic nitrogens is 3. The highest BCUT2D eigenvalue weighted by atomic mass is 79.9. The molecular weight excluding hydrogens is 288 g/mol. The largest absolute Gasteiger partial charge is 0.506 e. The summed E-state index contributed by atoms with van der Waals surface area (Å²) in [6, 6.07) is 1.31. The first-order chi connectivity index (χ1) is 8.15. The summed E-state index contributed by atoms with van der Waals surface area (Å²) in [5.41, 5.74) is 0.245. The number of nitrogens with one attached hydrogen (secondary N) is 1. The molecule has 0 saturated heterocycles. The molecule has 0 unspecified atom stereocenters. The van der Waals surface area contributed by atoms with Crippen LogP contribution in [-0.4, -0.2) is 26.0 Å². The van der Waals surface area contributed by atoms with E-state index >= 15 is 0 Å². The summed E-state index contributed by atoms with van der Waals surface area (Å²) >= 11 is 3.14. The van der Waals surface area contributed by atoms with Gasteiger partial charge in [-0.3, -0.25) is 9.78 Å². The fraction of sp³-hybridized carbons (Fsp3) is 0. The van der Waals surface area contributed by atoms with E-state index in [1.807, 2.05) is 0 Å². The fourth-order valence-electron chi connectivity index (χ4n) is 1.12. The predicted molar refractivity (Wildman–Crippen MR) is 63.6 cm³/mol. The molecule has 7 heteroatoms. The topological polar surface area (TPSA) is 88.0 Å². The average molecular weight is 295 g/mol. The van der Waals surface area contributed by atoms with Gasteiger partial charge in [0.25, 0.3) is 5.91 Å². The Labute approximate surface area is 105 Å². The molecular formula is C10H7BrN4O2. The van der Waals surface area contributed by atoms with Gasteiger partial charge in [-0.15, -0.1) is 0 Å². The van der Waals surface area contributed by atoms with Gasteiger partial charge in [0.2, 0.25) is 0 Å². The number of halogens is 1. The third-order valence-electron chi connectivity index (χ3n) is 1.85. The van der Waals surface area contributed by atoms with Gasteiger partial charge in [0, 0.05) is 6.20 Å². The molecule has 2 aromatic heterocycles. The van der Waals surface area contributed by atoms with Crippen molar-refractivity contribution in [2.75, 3.05) is 5.32 Å². The molecule has 2 aromatic rings. The first-order valence-electron chi connectivity index (χ1n) is 4.58. The second-order valence-corrected chi connectivity index (χ2v) is 3.92. The van der Waals surface area contributed by atoms with E-state index in [1.54, 1.807) is 0 Å². The molecule has 86 valence electrons. The van der Waals surface area contributed by atoms with E-state index in [0.29, 0.717) is 10.4 Å². The molecule has 0 spiro atoms. The molecule has 0 aliphatic rings. The van der Waals surface area contributed by atoms with Gasteiger partial charge in [-0.05, 0) is 22.0 Å². The van der Waals surface area contributed by atoms with E-state index in [1.165, 1.54) is 30.9 Å². The van der Waals surface area contributed by atoms with Crippen molar-refractivity contribution in [1.29, 1.82) is 0 Å². The molecule has 0 aliphatic carbocycles. The highest BCUT2D eigenvalue weighted by Crippen LogP contribution is 2.11. The monoisotopic (exact) mass is 294 g/mol. The molecule has 2 N–H and O–H groups in total. The Hall–Kier alpha value is -2.02. The minimum absolute atomic E-state index is 0.0699. The lowest BCUT2D eigenvalue weighted by Gasteiger charge is -2.03. The van der Waals surface area contributed by atoms with Crippen molar-refractivity contribution >= 4 is 27.7 Å². The van der Waals surface area contributed by atoms with E-state index in [-0.39, 0.29) is 11.3 Å². The van der Waals surface area contributed by atoms with Gasteiger partial charge in [0.1, 0.15) is 10.4 Å². The van der Waals surface area contributed by atoms with E-state index < -0.39 is 5.91 Å². The predicted octanol–water partition coefficient (Wildman–Crippen LogP) is 1.59. The molecule has 17 heavy (non-hydrogen) atoms. The molecule has 2 heterocycles. The highest BCUT2D eigenvalue weighted by Gasteiger charge is 2.08. The number of carbonyl (C=O) groups is 1. The second kappa shape index (κ2) is 4.88. The molecule has 0 radical (unpaired) electrons. The number of hydrogen-bond acceptors (Lipinski definition) is 5. The van der Waals surface area contributed by atoms with Crippen LogP contribution in [0.3, 0.4) is 0 Å². The number of aromatic hydroxyl groups is 1. The third-order valence-corrected chi connectivity index (χ3v) is 2.26. The van der Waals surface area contributed by atoms with Crippen LogP contribution in [-0.2, 0) is 0 Å². The maximum atomic E-state index is 11.7. The smallest absolute Gasteiger partial charge is 0.258 e. The van der Waals surface area contributed by atoms with Crippen LogP contribution in [0.5, 0.6) is 5.75 Å². The van der Waals surface area contributed by atoms with Gasteiger partial charge in [-0.1, -0.05) is 0 Å². The van der Waals surface area contributed by atoms with Crippen LogP contribution in [0.4, 0.5) is 5.82 Å². The summed E-state index contributed by atoms with van der Waals surface area (Å²) in [6.45, 7) is 0. The number of amides is 1. The Morgan fingerprint density at radius 2 is 2.06 bits per heavy atom. The van der Waals surface area contributed by atoms with Crippen molar-refractivity contribution in [2.24, 2.45) is 0 Å². The number of carbonyl (C=O) groups excluding carboxylic acids is 1. The zero-order valence-corrected chi connectivity index (χ0v) is 10.0. The summed E-state index contributed by atoms with van der Waals surface area (Å²) in [4.78, 5) is 23.3. The lowest BCUT2D eigenvalue weighted by atomic mass is 10.2. The van der Waals surface area contributed by atoms with Gasteiger partial charge in [0.05, 0.1) is 24.2 Å². The molecule has 6 nitrogen and oxygen atoms in total. The van der Waals surface area contributed by atoms with Gasteiger partial charge < -0.3 is 10.4 Å². The number of hydrogen-bond donors (Lipinski definition) is 2. The summed E-state index contributed by atoms with van der Waals surface area (Å²) in [5.74, 6) is -0.161. The minimum atomic E-state index is -0.412.